The summed E-state index contributed by atoms with van der Waals surface area (Å²) in [6.07, 6.45) is 5.12. The number of nitrogens with zero attached hydrogens (tertiary/aromatic N) is 3. The van der Waals surface area contributed by atoms with Gasteiger partial charge < -0.3 is 19.7 Å². The average molecular weight is 419 g/mol. The Bertz CT molecular complexity index is 808. The second-order valence-electron chi connectivity index (χ2n) is 6.94. The number of hydrogen-bond donors (Lipinski definition) is 1. The number of nitrogens with one attached hydrogen (secondary N) is 1. The summed E-state index contributed by atoms with van der Waals surface area (Å²) >= 11 is 5.25. The molecule has 9 heteroatoms. The van der Waals surface area contributed by atoms with Crippen molar-refractivity contribution in [3.63, 3.8) is 0 Å². The van der Waals surface area contributed by atoms with E-state index in [2.05, 4.69) is 15.2 Å². The number of carbonyl (C=O) groups is 2. The number of thiocarbonyl (C=S) groups is 1. The Labute approximate surface area is 175 Å². The molecule has 1 atom stereocenters. The number of amides is 2. The molecule has 1 aromatic rings. The highest BCUT2D eigenvalue weighted by Gasteiger charge is 2.39. The van der Waals surface area contributed by atoms with E-state index in [0.717, 1.165) is 19.6 Å². The van der Waals surface area contributed by atoms with E-state index in [1.165, 1.54) is 44.6 Å². The number of benzene rings is 1. The summed E-state index contributed by atoms with van der Waals surface area (Å²) in [5, 5.41) is 2.59. The predicted octanol–water partition coefficient (Wildman–Crippen LogP) is 1.62. The fraction of sp³-hybridized carbons (Fsp3) is 0.500. The van der Waals surface area contributed by atoms with Crippen molar-refractivity contribution in [1.82, 2.24) is 10.2 Å². The van der Waals surface area contributed by atoms with E-state index in [1.54, 1.807) is 18.2 Å². The van der Waals surface area contributed by atoms with Crippen LogP contribution in [-0.2, 0) is 9.59 Å². The molecule has 0 aromatic heterocycles. The summed E-state index contributed by atoms with van der Waals surface area (Å²) in [4.78, 5) is 33.4. The van der Waals surface area contributed by atoms with E-state index < -0.39 is 17.7 Å². The Kier molecular flexibility index (Phi) is 7.16. The lowest BCUT2D eigenvalue weighted by atomic mass is 10.1. The number of anilines is 1. The average Bonchev–Trinajstić information content (AvgIpc) is 2.73. The van der Waals surface area contributed by atoms with E-state index in [-0.39, 0.29) is 5.11 Å². The van der Waals surface area contributed by atoms with Crippen molar-refractivity contribution in [2.45, 2.75) is 19.3 Å². The first kappa shape index (κ1) is 21.2. The molecule has 2 heterocycles. The summed E-state index contributed by atoms with van der Waals surface area (Å²) in [5.41, 5.74) is 0.411. The molecule has 29 heavy (non-hydrogen) atoms. The van der Waals surface area contributed by atoms with Gasteiger partial charge in [-0.15, -0.1) is 0 Å². The lowest BCUT2D eigenvalue weighted by Gasteiger charge is -2.32. The van der Waals surface area contributed by atoms with Gasteiger partial charge in [0.25, 0.3) is 5.91 Å². The Hall–Kier alpha value is -2.52. The number of carbonyl (C=O) groups excluding carboxylic acids is 2. The first-order valence-electron chi connectivity index (χ1n) is 9.68. The monoisotopic (exact) mass is 418 g/mol. The third-order valence-electron chi connectivity index (χ3n) is 5.08. The molecule has 3 rings (SSSR count). The molecule has 0 radical (unpaired) electrons. The van der Waals surface area contributed by atoms with Gasteiger partial charge in [-0.2, -0.15) is 0 Å². The molecule has 2 aliphatic rings. The highest BCUT2D eigenvalue weighted by atomic mass is 32.1. The van der Waals surface area contributed by atoms with E-state index in [1.807, 2.05) is 0 Å². The van der Waals surface area contributed by atoms with Crippen LogP contribution in [0, 0.1) is 5.92 Å². The molecule has 2 saturated heterocycles. The SMILES string of the molecule is COc1ccc(OC)c(N2C(=O)[C@@H](C=NCCN3CCCCC3)C(=O)NC2=S)c1. The van der Waals surface area contributed by atoms with Gasteiger partial charge >= 0.3 is 0 Å². The van der Waals surface area contributed by atoms with Crippen LogP contribution in [0.5, 0.6) is 11.5 Å². The number of ether oxygens (including phenoxy) is 2. The molecule has 2 amide bonds. The largest absolute Gasteiger partial charge is 0.497 e. The van der Waals surface area contributed by atoms with Crippen LogP contribution < -0.4 is 19.7 Å². The molecule has 0 saturated carbocycles. The Morgan fingerprint density at radius 1 is 1.21 bits per heavy atom. The van der Waals surface area contributed by atoms with E-state index in [9.17, 15) is 9.59 Å². The van der Waals surface area contributed by atoms with Gasteiger partial charge in [0.1, 0.15) is 11.5 Å². The lowest BCUT2D eigenvalue weighted by molar-refractivity contribution is -0.130. The van der Waals surface area contributed by atoms with E-state index in [4.69, 9.17) is 21.7 Å². The number of rotatable bonds is 7. The van der Waals surface area contributed by atoms with Crippen molar-refractivity contribution >= 4 is 41.0 Å². The van der Waals surface area contributed by atoms with Crippen LogP contribution in [0.2, 0.25) is 0 Å². The van der Waals surface area contributed by atoms with Gasteiger partial charge in [0, 0.05) is 18.8 Å². The Morgan fingerprint density at radius 2 is 1.97 bits per heavy atom. The van der Waals surface area contributed by atoms with Crippen LogP contribution in [-0.4, -0.2) is 68.4 Å². The van der Waals surface area contributed by atoms with Crippen molar-refractivity contribution < 1.29 is 19.1 Å². The van der Waals surface area contributed by atoms with Crippen molar-refractivity contribution in [2.75, 3.05) is 45.3 Å². The van der Waals surface area contributed by atoms with Gasteiger partial charge in [-0.05, 0) is 50.3 Å². The Balaban J connectivity index is 1.75. The normalized spacial score (nSPS) is 20.8. The van der Waals surface area contributed by atoms with Crippen molar-refractivity contribution in [1.29, 1.82) is 0 Å². The third kappa shape index (κ3) is 4.91. The maximum atomic E-state index is 13.1. The molecule has 0 unspecified atom stereocenters. The number of aliphatic imine (C=N–C) groups is 1. The molecule has 2 aliphatic heterocycles. The quantitative estimate of drug-likeness (QED) is 0.412. The zero-order valence-corrected chi connectivity index (χ0v) is 17.5. The highest BCUT2D eigenvalue weighted by Crippen LogP contribution is 2.34. The first-order valence-corrected chi connectivity index (χ1v) is 10.1. The first-order chi connectivity index (χ1) is 14.0. The summed E-state index contributed by atoms with van der Waals surface area (Å²) in [7, 11) is 3.03. The molecule has 0 aliphatic carbocycles. The van der Waals surface area contributed by atoms with Crippen LogP contribution in [0.1, 0.15) is 19.3 Å². The summed E-state index contributed by atoms with van der Waals surface area (Å²) < 4.78 is 10.6. The van der Waals surface area contributed by atoms with Crippen LogP contribution >= 0.6 is 12.2 Å². The molecular weight excluding hydrogens is 392 g/mol. The van der Waals surface area contributed by atoms with Gasteiger partial charge in [-0.1, -0.05) is 6.42 Å². The minimum absolute atomic E-state index is 0.00418. The topological polar surface area (TPSA) is 83.5 Å². The number of likely N-dealkylation sites (tertiary alicyclic amines) is 1. The molecular formula is C20H26N4O4S. The molecule has 0 bridgehead atoms. The summed E-state index contributed by atoms with van der Waals surface area (Å²) in [5.74, 6) is -0.996. The van der Waals surface area contributed by atoms with Crippen molar-refractivity contribution in [3.8, 4) is 11.5 Å². The maximum Gasteiger partial charge on any atom is 0.251 e. The molecule has 156 valence electrons. The van der Waals surface area contributed by atoms with Crippen molar-refractivity contribution in [2.24, 2.45) is 10.9 Å². The fourth-order valence-corrected chi connectivity index (χ4v) is 3.77. The summed E-state index contributed by atoms with van der Waals surface area (Å²) in [6, 6.07) is 5.05. The number of hydrogen-bond acceptors (Lipinski definition) is 7. The Morgan fingerprint density at radius 3 is 2.66 bits per heavy atom. The zero-order valence-electron chi connectivity index (χ0n) is 16.7. The van der Waals surface area contributed by atoms with Crippen LogP contribution in [0.15, 0.2) is 23.2 Å². The lowest BCUT2D eigenvalue weighted by Crippen LogP contribution is -2.58. The maximum absolute atomic E-state index is 13.1. The fourth-order valence-electron chi connectivity index (χ4n) is 3.48. The van der Waals surface area contributed by atoms with Crippen LogP contribution in [0.4, 0.5) is 5.69 Å². The molecule has 0 spiro atoms. The number of piperidine rings is 1. The predicted molar refractivity (Wildman–Crippen MR) is 115 cm³/mol. The van der Waals surface area contributed by atoms with Crippen LogP contribution in [0.3, 0.4) is 0 Å². The minimum atomic E-state index is -1.04. The zero-order chi connectivity index (χ0) is 20.8. The van der Waals surface area contributed by atoms with Crippen LogP contribution in [0.25, 0.3) is 0 Å². The second kappa shape index (κ2) is 9.80. The summed E-state index contributed by atoms with van der Waals surface area (Å²) in [6.45, 7) is 3.53. The smallest absolute Gasteiger partial charge is 0.251 e. The molecule has 2 fully saturated rings. The van der Waals surface area contributed by atoms with E-state index >= 15 is 0 Å². The highest BCUT2D eigenvalue weighted by molar-refractivity contribution is 7.80. The third-order valence-corrected chi connectivity index (χ3v) is 5.36. The van der Waals surface area contributed by atoms with Crippen molar-refractivity contribution in [3.05, 3.63) is 18.2 Å². The van der Waals surface area contributed by atoms with Gasteiger partial charge in [0.05, 0.1) is 26.5 Å². The minimum Gasteiger partial charge on any atom is -0.497 e. The second-order valence-corrected chi connectivity index (χ2v) is 7.33. The van der Waals surface area contributed by atoms with Gasteiger partial charge in [0.2, 0.25) is 5.91 Å². The molecule has 8 nitrogen and oxygen atoms in total. The van der Waals surface area contributed by atoms with Gasteiger partial charge in [-0.25, -0.2) is 0 Å². The standard InChI is InChI=1S/C20H26N4O4S/c1-27-14-6-7-17(28-2)16(12-14)24-19(26)15(18(25)22-20(24)29)13-21-8-11-23-9-4-3-5-10-23/h6-7,12-13,15H,3-5,8-11H2,1-2H3,(H,22,25,29)/t15-/m0/s1. The van der Waals surface area contributed by atoms with E-state index in [0.29, 0.717) is 23.7 Å². The van der Waals surface area contributed by atoms with Gasteiger partial charge in [-0.3, -0.25) is 19.5 Å². The number of methoxy groups -OCH3 is 2. The molecule has 1 N–H and O–H groups in total. The molecule has 1 aromatic carbocycles. The van der Waals surface area contributed by atoms with Gasteiger partial charge in [0.15, 0.2) is 11.0 Å².